The van der Waals surface area contributed by atoms with Crippen LogP contribution >= 0.6 is 0 Å². The molecule has 1 fully saturated rings. The number of carbonyl (C=O) groups excluding carboxylic acids is 1. The molecular formula is C12H19N3O2. The predicted molar refractivity (Wildman–Crippen MR) is 64.6 cm³/mol. The smallest absolute Gasteiger partial charge is 0.360 e. The van der Waals surface area contributed by atoms with Crippen LogP contribution in [0.15, 0.2) is 6.33 Å². The van der Waals surface area contributed by atoms with E-state index in [0.29, 0.717) is 11.9 Å². The first-order valence-electron chi connectivity index (χ1n) is 6.04. The van der Waals surface area contributed by atoms with Gasteiger partial charge in [-0.15, -0.1) is 0 Å². The summed E-state index contributed by atoms with van der Waals surface area (Å²) in [6.45, 7) is 2.27. The first-order valence-corrected chi connectivity index (χ1v) is 6.04. The van der Waals surface area contributed by atoms with Crippen molar-refractivity contribution in [2.75, 3.05) is 12.8 Å². The second kappa shape index (κ2) is 4.77. The van der Waals surface area contributed by atoms with Crippen molar-refractivity contribution in [3.63, 3.8) is 0 Å². The highest BCUT2D eigenvalue weighted by atomic mass is 16.5. The highest BCUT2D eigenvalue weighted by Crippen LogP contribution is 2.33. The number of anilines is 1. The van der Waals surface area contributed by atoms with Crippen molar-refractivity contribution in [2.45, 2.75) is 38.6 Å². The van der Waals surface area contributed by atoms with Crippen LogP contribution in [0.25, 0.3) is 0 Å². The number of rotatable bonds is 2. The van der Waals surface area contributed by atoms with E-state index in [1.807, 2.05) is 4.57 Å². The Hall–Kier alpha value is -1.52. The standard InChI is InChI=1S/C12H19N3O2/c1-8-3-5-9(6-4-8)15-7-14-10(11(15)13)12(16)17-2/h7-9H,3-6,13H2,1-2H3. The Bertz CT molecular complexity index is 406. The van der Waals surface area contributed by atoms with Gasteiger partial charge in [-0.1, -0.05) is 6.92 Å². The van der Waals surface area contributed by atoms with E-state index < -0.39 is 5.97 Å². The lowest BCUT2D eigenvalue weighted by atomic mass is 9.87. The summed E-state index contributed by atoms with van der Waals surface area (Å²) in [5.41, 5.74) is 6.17. The monoisotopic (exact) mass is 237 g/mol. The van der Waals surface area contributed by atoms with E-state index in [1.54, 1.807) is 6.33 Å². The fourth-order valence-corrected chi connectivity index (χ4v) is 2.44. The molecule has 5 nitrogen and oxygen atoms in total. The van der Waals surface area contributed by atoms with Crippen LogP contribution in [-0.2, 0) is 4.74 Å². The SMILES string of the molecule is COC(=O)c1ncn(C2CCC(C)CC2)c1N. The molecule has 1 aliphatic carbocycles. The number of carbonyl (C=O) groups is 1. The summed E-state index contributed by atoms with van der Waals surface area (Å²) < 4.78 is 6.55. The van der Waals surface area contributed by atoms with Gasteiger partial charge in [-0.2, -0.15) is 0 Å². The third kappa shape index (κ3) is 2.28. The Morgan fingerprint density at radius 1 is 1.47 bits per heavy atom. The third-order valence-corrected chi connectivity index (χ3v) is 3.59. The molecule has 0 atom stereocenters. The molecule has 0 spiro atoms. The zero-order chi connectivity index (χ0) is 12.4. The van der Waals surface area contributed by atoms with E-state index in [9.17, 15) is 4.79 Å². The van der Waals surface area contributed by atoms with E-state index in [0.717, 1.165) is 18.8 Å². The Balaban J connectivity index is 2.17. The van der Waals surface area contributed by atoms with Crippen molar-refractivity contribution in [3.8, 4) is 0 Å². The molecule has 1 heterocycles. The van der Waals surface area contributed by atoms with Gasteiger partial charge in [0.2, 0.25) is 0 Å². The number of nitrogen functional groups attached to an aromatic ring is 1. The van der Waals surface area contributed by atoms with Crippen LogP contribution in [0.3, 0.4) is 0 Å². The van der Waals surface area contributed by atoms with Gasteiger partial charge >= 0.3 is 5.97 Å². The summed E-state index contributed by atoms with van der Waals surface area (Å²) >= 11 is 0. The molecule has 2 rings (SSSR count). The average Bonchev–Trinajstić information content (AvgIpc) is 2.71. The molecule has 17 heavy (non-hydrogen) atoms. The second-order valence-electron chi connectivity index (χ2n) is 4.79. The molecule has 1 aromatic heterocycles. The lowest BCUT2D eigenvalue weighted by Gasteiger charge is -2.27. The van der Waals surface area contributed by atoms with Crippen molar-refractivity contribution in [3.05, 3.63) is 12.0 Å². The number of ether oxygens (including phenoxy) is 1. The summed E-state index contributed by atoms with van der Waals surface area (Å²) in [7, 11) is 1.34. The number of hydrogen-bond acceptors (Lipinski definition) is 4. The van der Waals surface area contributed by atoms with Gasteiger partial charge in [-0.3, -0.25) is 0 Å². The van der Waals surface area contributed by atoms with Gasteiger partial charge < -0.3 is 15.0 Å². The maximum Gasteiger partial charge on any atom is 0.360 e. The molecule has 0 unspecified atom stereocenters. The molecule has 94 valence electrons. The van der Waals surface area contributed by atoms with Crippen molar-refractivity contribution in [1.82, 2.24) is 9.55 Å². The van der Waals surface area contributed by atoms with E-state index in [-0.39, 0.29) is 5.69 Å². The molecule has 2 N–H and O–H groups in total. The number of imidazole rings is 1. The third-order valence-electron chi connectivity index (χ3n) is 3.59. The first kappa shape index (κ1) is 12.0. The van der Waals surface area contributed by atoms with Crippen molar-refractivity contribution >= 4 is 11.8 Å². The van der Waals surface area contributed by atoms with Gasteiger partial charge in [0.05, 0.1) is 13.4 Å². The van der Waals surface area contributed by atoms with E-state index in [1.165, 1.54) is 20.0 Å². The topological polar surface area (TPSA) is 70.1 Å². The second-order valence-corrected chi connectivity index (χ2v) is 4.79. The molecular weight excluding hydrogens is 218 g/mol. The van der Waals surface area contributed by atoms with Crippen LogP contribution in [0, 0.1) is 5.92 Å². The number of methoxy groups -OCH3 is 1. The lowest BCUT2D eigenvalue weighted by Crippen LogP contribution is -2.18. The Morgan fingerprint density at radius 2 is 2.12 bits per heavy atom. The van der Waals surface area contributed by atoms with Crippen LogP contribution in [0.2, 0.25) is 0 Å². The van der Waals surface area contributed by atoms with Gasteiger partial charge in [0.25, 0.3) is 0 Å². The molecule has 5 heteroatoms. The number of hydrogen-bond donors (Lipinski definition) is 1. The summed E-state index contributed by atoms with van der Waals surface area (Å²) in [6, 6.07) is 0.372. The molecule has 0 aromatic carbocycles. The number of nitrogens with two attached hydrogens (primary N) is 1. The summed E-state index contributed by atoms with van der Waals surface area (Å²) in [4.78, 5) is 15.4. The zero-order valence-corrected chi connectivity index (χ0v) is 10.3. The minimum Gasteiger partial charge on any atom is -0.464 e. The fraction of sp³-hybridized carbons (Fsp3) is 0.667. The van der Waals surface area contributed by atoms with Crippen molar-refractivity contribution < 1.29 is 9.53 Å². The molecule has 0 saturated heterocycles. The molecule has 0 aliphatic heterocycles. The summed E-state index contributed by atoms with van der Waals surface area (Å²) in [5.74, 6) is 0.748. The van der Waals surface area contributed by atoms with Crippen molar-refractivity contribution in [2.24, 2.45) is 5.92 Å². The first-order chi connectivity index (χ1) is 8.13. The maximum atomic E-state index is 11.4. The molecule has 0 radical (unpaired) electrons. The molecule has 1 aromatic rings. The molecule has 1 saturated carbocycles. The summed E-state index contributed by atoms with van der Waals surface area (Å²) in [5, 5.41) is 0. The van der Waals surface area contributed by atoms with Crippen LogP contribution in [0.1, 0.15) is 49.1 Å². The Kier molecular flexibility index (Phi) is 3.36. The minimum atomic E-state index is -0.467. The quantitative estimate of drug-likeness (QED) is 0.799. The van der Waals surface area contributed by atoms with Crippen LogP contribution in [-0.4, -0.2) is 22.6 Å². The van der Waals surface area contributed by atoms with Gasteiger partial charge in [-0.25, -0.2) is 9.78 Å². The normalized spacial score (nSPS) is 24.6. The average molecular weight is 237 g/mol. The Morgan fingerprint density at radius 3 is 2.71 bits per heavy atom. The molecule has 0 bridgehead atoms. The number of aromatic nitrogens is 2. The van der Waals surface area contributed by atoms with Gasteiger partial charge in [0.15, 0.2) is 5.69 Å². The van der Waals surface area contributed by atoms with Crippen LogP contribution < -0.4 is 5.73 Å². The minimum absolute atomic E-state index is 0.228. The van der Waals surface area contributed by atoms with E-state index >= 15 is 0 Å². The van der Waals surface area contributed by atoms with Crippen LogP contribution in [0.5, 0.6) is 0 Å². The van der Waals surface area contributed by atoms with Crippen molar-refractivity contribution in [1.29, 1.82) is 0 Å². The van der Waals surface area contributed by atoms with Crippen LogP contribution in [0.4, 0.5) is 5.82 Å². The number of nitrogens with zero attached hydrogens (tertiary/aromatic N) is 2. The number of esters is 1. The summed E-state index contributed by atoms with van der Waals surface area (Å²) in [6.07, 6.45) is 6.26. The van der Waals surface area contributed by atoms with Gasteiger partial charge in [-0.05, 0) is 31.6 Å². The molecule has 1 aliphatic rings. The predicted octanol–water partition coefficient (Wildman–Crippen LogP) is 2.00. The Labute approximate surface area is 101 Å². The van der Waals surface area contributed by atoms with E-state index in [4.69, 9.17) is 5.73 Å². The van der Waals surface area contributed by atoms with E-state index in [2.05, 4.69) is 16.6 Å². The highest BCUT2D eigenvalue weighted by molar-refractivity contribution is 5.92. The maximum absolute atomic E-state index is 11.4. The lowest BCUT2D eigenvalue weighted by molar-refractivity contribution is 0.0596. The largest absolute Gasteiger partial charge is 0.464 e. The zero-order valence-electron chi connectivity index (χ0n) is 10.3. The molecule has 0 amide bonds. The van der Waals surface area contributed by atoms with Gasteiger partial charge in [0.1, 0.15) is 5.82 Å². The highest BCUT2D eigenvalue weighted by Gasteiger charge is 2.24. The van der Waals surface area contributed by atoms with Gasteiger partial charge in [0, 0.05) is 6.04 Å². The fourth-order valence-electron chi connectivity index (χ4n) is 2.44.